The van der Waals surface area contributed by atoms with Crippen LogP contribution in [0.15, 0.2) is 267 Å². The molecular formula is C76H50N8O4. The van der Waals surface area contributed by atoms with Crippen molar-refractivity contribution in [1.29, 1.82) is 0 Å². The normalized spacial score (nSPS) is 12.3. The largest absolute Gasteiger partial charge is 0.455 e. The number of hydrogen-bond donors (Lipinski definition) is 0. The van der Waals surface area contributed by atoms with E-state index in [2.05, 4.69) is 166 Å². The lowest BCUT2D eigenvalue weighted by atomic mass is 10.1. The van der Waals surface area contributed by atoms with Crippen molar-refractivity contribution in [3.63, 3.8) is 0 Å². The van der Waals surface area contributed by atoms with Gasteiger partial charge in [0.25, 0.3) is 0 Å². The van der Waals surface area contributed by atoms with Gasteiger partial charge in [-0.25, -0.2) is 9.97 Å². The van der Waals surface area contributed by atoms with E-state index in [1.165, 1.54) is 0 Å². The molecular weight excluding hydrogens is 1090 g/mol. The molecule has 88 heavy (non-hydrogen) atoms. The molecule has 418 valence electrons. The van der Waals surface area contributed by atoms with Crippen LogP contribution in [0.2, 0.25) is 0 Å². The summed E-state index contributed by atoms with van der Waals surface area (Å²) in [7, 11) is 0. The first-order valence-electron chi connectivity index (χ1n) is 29.1. The highest BCUT2D eigenvalue weighted by atomic mass is 16.5. The van der Waals surface area contributed by atoms with E-state index < -0.39 is 0 Å². The summed E-state index contributed by atoms with van der Waals surface area (Å²) in [5.41, 5.74) is 14.4. The number of fused-ring (bicyclic) bond motifs is 10. The summed E-state index contributed by atoms with van der Waals surface area (Å²) in [6, 6.07) is 82.4. The zero-order chi connectivity index (χ0) is 58.4. The van der Waals surface area contributed by atoms with Crippen LogP contribution in [0.25, 0.3) is 77.8 Å². The van der Waals surface area contributed by atoms with Gasteiger partial charge < -0.3 is 18.9 Å². The van der Waals surface area contributed by atoms with Gasteiger partial charge in [-0.1, -0.05) is 97.1 Å². The molecule has 0 N–H and O–H groups in total. The molecule has 12 nitrogen and oxygen atoms in total. The predicted octanol–water partition coefficient (Wildman–Crippen LogP) is 20.1. The molecule has 0 amide bonds. The van der Waals surface area contributed by atoms with E-state index in [4.69, 9.17) is 38.9 Å². The second-order valence-electron chi connectivity index (χ2n) is 22.0. The third kappa shape index (κ3) is 8.45. The molecule has 0 saturated heterocycles. The predicted molar refractivity (Wildman–Crippen MR) is 349 cm³/mol. The Labute approximate surface area is 505 Å². The Morgan fingerprint density at radius 3 is 1.09 bits per heavy atom. The minimum atomic E-state index is 0.600. The smallest absolute Gasteiger partial charge is 0.152 e. The van der Waals surface area contributed by atoms with Gasteiger partial charge in [0.05, 0.1) is 80.0 Å². The topological polar surface area (TPSA) is 105 Å². The van der Waals surface area contributed by atoms with Crippen LogP contribution in [0.5, 0.6) is 46.0 Å². The maximum Gasteiger partial charge on any atom is 0.152 e. The lowest BCUT2D eigenvalue weighted by Gasteiger charge is -2.33. The van der Waals surface area contributed by atoms with E-state index in [0.29, 0.717) is 34.4 Å². The average Bonchev–Trinajstić information content (AvgIpc) is 1.60. The lowest BCUT2D eigenvalue weighted by Crippen LogP contribution is -2.16. The molecule has 15 aromatic rings. The van der Waals surface area contributed by atoms with Gasteiger partial charge in [-0.05, 0) is 158 Å². The summed E-state index contributed by atoms with van der Waals surface area (Å²) in [5.74, 6) is 7.09. The molecule has 2 aliphatic rings. The van der Waals surface area contributed by atoms with Crippen molar-refractivity contribution in [2.45, 2.75) is 13.8 Å². The first-order chi connectivity index (χ1) is 43.4. The Morgan fingerprint density at radius 1 is 0.318 bits per heavy atom. The van der Waals surface area contributed by atoms with Crippen LogP contribution in [-0.2, 0) is 0 Å². The van der Waals surface area contributed by atoms with E-state index in [1.807, 2.05) is 134 Å². The molecule has 2 aliphatic heterocycles. The van der Waals surface area contributed by atoms with Crippen molar-refractivity contribution < 1.29 is 18.9 Å². The average molecular weight is 1140 g/mol. The molecule has 0 aliphatic carbocycles. The minimum Gasteiger partial charge on any atom is -0.455 e. The number of rotatable bonds is 10. The van der Waals surface area contributed by atoms with Crippen molar-refractivity contribution in [3.8, 4) is 80.1 Å². The highest BCUT2D eigenvalue weighted by Crippen LogP contribution is 2.55. The Morgan fingerprint density at radius 2 is 0.693 bits per heavy atom. The quantitative estimate of drug-likeness (QED) is 0.131. The van der Waals surface area contributed by atoms with Crippen LogP contribution >= 0.6 is 0 Å². The molecule has 5 aromatic heterocycles. The van der Waals surface area contributed by atoms with Gasteiger partial charge >= 0.3 is 0 Å². The van der Waals surface area contributed by atoms with Crippen LogP contribution in [0.3, 0.4) is 0 Å². The molecule has 0 spiro atoms. The zero-order valence-corrected chi connectivity index (χ0v) is 47.6. The Bertz CT molecular complexity index is 4890. The van der Waals surface area contributed by atoms with Crippen LogP contribution in [-0.4, -0.2) is 29.1 Å². The fourth-order valence-electron chi connectivity index (χ4n) is 12.5. The number of aromatic nitrogens is 6. The van der Waals surface area contributed by atoms with E-state index in [0.717, 1.165) is 135 Å². The maximum absolute atomic E-state index is 7.21. The van der Waals surface area contributed by atoms with Crippen LogP contribution in [0.1, 0.15) is 11.1 Å². The number of ether oxygens (including phenoxy) is 4. The van der Waals surface area contributed by atoms with Crippen molar-refractivity contribution in [2.24, 2.45) is 0 Å². The van der Waals surface area contributed by atoms with Gasteiger partial charge in [-0.3, -0.25) is 28.9 Å². The molecule has 17 rings (SSSR count). The molecule has 12 heteroatoms. The standard InChI is InChI=1S/C76H50N8O4/c1-47-35-37-77-75(39-47)83-59-17-5-3-15-53(59)55-31-29-51(43-67(55)83)85-73-41-49(27-33-65(73)81-61-19-7-11-23-69(61)87-70-24-12-8-20-62(70)81)57-45-80-58(46-79-57)50-28-34-66(82-63-21-9-13-25-71(63)88-72-26-14-10-22-64(72)82)74(42-50)86-52-30-32-56-54-16-4-6-18-60(54)84(68(56)44-52)76-40-48(2)36-38-78-76/h3-46H,1-2H3. The maximum atomic E-state index is 7.21. The molecule has 7 heterocycles. The number of benzene rings is 10. The van der Waals surface area contributed by atoms with E-state index in [9.17, 15) is 0 Å². The minimum absolute atomic E-state index is 0.600. The molecule has 10 aromatic carbocycles. The highest BCUT2D eigenvalue weighted by Gasteiger charge is 2.31. The number of nitrogens with zero attached hydrogens (tertiary/aromatic N) is 8. The fraction of sp³-hybridized carbons (Fsp3) is 0.0263. The van der Waals surface area contributed by atoms with Gasteiger partial charge in [-0.2, -0.15) is 0 Å². The van der Waals surface area contributed by atoms with Gasteiger partial charge in [0.1, 0.15) is 23.1 Å². The number of anilines is 6. The highest BCUT2D eigenvalue weighted by molar-refractivity contribution is 6.10. The second kappa shape index (κ2) is 20.4. The monoisotopic (exact) mass is 1140 g/mol. The zero-order valence-electron chi connectivity index (χ0n) is 47.6. The summed E-state index contributed by atoms with van der Waals surface area (Å²) in [5, 5.41) is 4.44. The summed E-state index contributed by atoms with van der Waals surface area (Å²) in [4.78, 5) is 24.4. The Hall–Kier alpha value is -12.0. The Balaban J connectivity index is 0.783. The van der Waals surface area contributed by atoms with Crippen LogP contribution in [0, 0.1) is 13.8 Å². The molecule has 0 radical (unpaired) electrons. The fourth-order valence-corrected chi connectivity index (χ4v) is 12.5. The van der Waals surface area contributed by atoms with E-state index in [1.54, 1.807) is 0 Å². The van der Waals surface area contributed by atoms with Gasteiger partial charge in [0.15, 0.2) is 34.5 Å². The van der Waals surface area contributed by atoms with Gasteiger partial charge in [-0.15, -0.1) is 0 Å². The third-order valence-electron chi connectivity index (χ3n) is 16.5. The van der Waals surface area contributed by atoms with Crippen molar-refractivity contribution in [3.05, 3.63) is 279 Å². The molecule has 0 atom stereocenters. The summed E-state index contributed by atoms with van der Waals surface area (Å²) < 4.78 is 31.8. The van der Waals surface area contributed by atoms with Crippen molar-refractivity contribution in [2.75, 3.05) is 9.80 Å². The number of para-hydroxylation sites is 10. The number of aryl methyl sites for hydroxylation is 2. The molecule has 0 unspecified atom stereocenters. The SMILES string of the molecule is Cc1ccnc(-n2c3ccccc3c3ccc(Oc4cc(-c5cnc(-c6ccc(N7c8ccccc8Oc8ccccc87)c(Oc7ccc8c9ccccc9n(-c9cc(C)ccn9)c8c7)c6)cn5)ccc4N4c5ccccc5Oc5ccccc54)cc32)c1. The molecule has 0 fully saturated rings. The first-order valence-corrected chi connectivity index (χ1v) is 29.1. The summed E-state index contributed by atoms with van der Waals surface area (Å²) in [6.45, 7) is 4.18. The Kier molecular flexibility index (Phi) is 11.7. The van der Waals surface area contributed by atoms with Gasteiger partial charge in [0, 0.05) is 57.2 Å². The second-order valence-corrected chi connectivity index (χ2v) is 22.0. The van der Waals surface area contributed by atoms with Crippen LogP contribution in [0.4, 0.5) is 34.1 Å². The number of hydrogen-bond acceptors (Lipinski definition) is 10. The molecule has 0 saturated carbocycles. The van der Waals surface area contributed by atoms with Crippen LogP contribution < -0.4 is 28.7 Å². The van der Waals surface area contributed by atoms with E-state index >= 15 is 0 Å². The summed E-state index contributed by atoms with van der Waals surface area (Å²) >= 11 is 0. The summed E-state index contributed by atoms with van der Waals surface area (Å²) in [6.07, 6.45) is 7.36. The third-order valence-corrected chi connectivity index (χ3v) is 16.5. The van der Waals surface area contributed by atoms with E-state index in [-0.39, 0.29) is 0 Å². The lowest BCUT2D eigenvalue weighted by molar-refractivity contribution is 0.472. The van der Waals surface area contributed by atoms with Crippen molar-refractivity contribution in [1.82, 2.24) is 29.1 Å². The van der Waals surface area contributed by atoms with Gasteiger partial charge in [0.2, 0.25) is 0 Å². The van der Waals surface area contributed by atoms with Crippen molar-refractivity contribution >= 4 is 77.7 Å². The first kappa shape index (κ1) is 50.5. The number of pyridine rings is 2. The molecule has 0 bridgehead atoms.